The number of imidazole rings is 1. The van der Waals surface area contributed by atoms with Crippen LogP contribution in [0.2, 0.25) is 0 Å². The largest absolute Gasteiger partial charge is 0.395 e. The lowest BCUT2D eigenvalue weighted by Crippen LogP contribution is -2.09. The summed E-state index contributed by atoms with van der Waals surface area (Å²) < 4.78 is 2.03. The molecule has 1 N–H and O–H groups in total. The lowest BCUT2D eigenvalue weighted by molar-refractivity contribution is 0.273. The minimum absolute atomic E-state index is 0.171. The second-order valence-electron chi connectivity index (χ2n) is 4.46. The fraction of sp³-hybridized carbons (Fsp3) is 0.615. The molecule has 3 heteroatoms. The van der Waals surface area contributed by atoms with Crippen LogP contribution >= 0.6 is 0 Å². The lowest BCUT2D eigenvalue weighted by Gasteiger charge is -2.12. The first-order valence-electron chi connectivity index (χ1n) is 5.90. The predicted molar refractivity (Wildman–Crippen MR) is 66.4 cm³/mol. The van der Waals surface area contributed by atoms with E-state index in [0.29, 0.717) is 12.5 Å². The van der Waals surface area contributed by atoms with E-state index >= 15 is 0 Å². The SMILES string of the molecule is CC(C)=CCCC(C)c1nccn1CCO. The first-order chi connectivity index (χ1) is 7.65. The highest BCUT2D eigenvalue weighted by Crippen LogP contribution is 2.19. The molecule has 0 radical (unpaired) electrons. The van der Waals surface area contributed by atoms with E-state index in [-0.39, 0.29) is 6.61 Å². The molecule has 16 heavy (non-hydrogen) atoms. The summed E-state index contributed by atoms with van der Waals surface area (Å²) in [5, 5.41) is 8.94. The van der Waals surface area contributed by atoms with Crippen LogP contribution in [-0.2, 0) is 6.54 Å². The van der Waals surface area contributed by atoms with E-state index in [1.807, 2.05) is 17.0 Å². The molecule has 1 aromatic rings. The highest BCUT2D eigenvalue weighted by atomic mass is 16.3. The number of hydrogen-bond acceptors (Lipinski definition) is 2. The minimum atomic E-state index is 0.171. The van der Waals surface area contributed by atoms with Gasteiger partial charge in [0, 0.05) is 24.9 Å². The molecule has 1 atom stereocenters. The Bertz CT molecular complexity index is 337. The van der Waals surface area contributed by atoms with Crippen molar-refractivity contribution >= 4 is 0 Å². The third-order valence-electron chi connectivity index (χ3n) is 2.68. The van der Waals surface area contributed by atoms with Gasteiger partial charge >= 0.3 is 0 Å². The van der Waals surface area contributed by atoms with Crippen molar-refractivity contribution in [3.63, 3.8) is 0 Å². The normalized spacial score (nSPS) is 12.5. The van der Waals surface area contributed by atoms with Gasteiger partial charge in [-0.15, -0.1) is 0 Å². The zero-order valence-electron chi connectivity index (χ0n) is 10.5. The number of aromatic nitrogens is 2. The lowest BCUT2D eigenvalue weighted by atomic mass is 10.0. The van der Waals surface area contributed by atoms with Crippen LogP contribution in [0.1, 0.15) is 45.4 Å². The number of rotatable bonds is 6. The summed E-state index contributed by atoms with van der Waals surface area (Å²) in [7, 11) is 0. The van der Waals surface area contributed by atoms with Crippen molar-refractivity contribution in [1.29, 1.82) is 0 Å². The Balaban J connectivity index is 2.54. The maximum atomic E-state index is 8.94. The molecule has 1 heterocycles. The van der Waals surface area contributed by atoms with Gasteiger partial charge in [0.05, 0.1) is 6.61 Å². The molecular weight excluding hydrogens is 200 g/mol. The van der Waals surface area contributed by atoms with Gasteiger partial charge < -0.3 is 9.67 Å². The Morgan fingerprint density at radius 1 is 1.56 bits per heavy atom. The molecule has 0 aromatic carbocycles. The summed E-state index contributed by atoms with van der Waals surface area (Å²) in [5.74, 6) is 1.52. The van der Waals surface area contributed by atoms with E-state index in [9.17, 15) is 0 Å². The molecule has 3 nitrogen and oxygen atoms in total. The summed E-state index contributed by atoms with van der Waals surface area (Å²) in [6.07, 6.45) is 8.20. The maximum Gasteiger partial charge on any atom is 0.111 e. The van der Waals surface area contributed by atoms with Gasteiger partial charge in [-0.25, -0.2) is 4.98 Å². The first-order valence-corrected chi connectivity index (χ1v) is 5.90. The number of aliphatic hydroxyl groups is 1. The third-order valence-corrected chi connectivity index (χ3v) is 2.68. The highest BCUT2D eigenvalue weighted by Gasteiger charge is 2.10. The smallest absolute Gasteiger partial charge is 0.111 e. The van der Waals surface area contributed by atoms with Crippen LogP contribution in [0.15, 0.2) is 24.0 Å². The van der Waals surface area contributed by atoms with Crippen molar-refractivity contribution in [3.05, 3.63) is 29.9 Å². The number of aliphatic hydroxyl groups excluding tert-OH is 1. The third kappa shape index (κ3) is 3.81. The molecule has 1 unspecified atom stereocenters. The second kappa shape index (κ2) is 6.48. The van der Waals surface area contributed by atoms with Crippen LogP contribution in [0, 0.1) is 0 Å². The van der Waals surface area contributed by atoms with E-state index in [0.717, 1.165) is 18.7 Å². The Morgan fingerprint density at radius 3 is 2.94 bits per heavy atom. The Morgan fingerprint density at radius 2 is 2.31 bits per heavy atom. The van der Waals surface area contributed by atoms with Crippen LogP contribution < -0.4 is 0 Å². The Hall–Kier alpha value is -1.09. The van der Waals surface area contributed by atoms with Crippen LogP contribution in [-0.4, -0.2) is 21.3 Å². The van der Waals surface area contributed by atoms with Gasteiger partial charge in [-0.1, -0.05) is 18.6 Å². The van der Waals surface area contributed by atoms with E-state index < -0.39 is 0 Å². The summed E-state index contributed by atoms with van der Waals surface area (Å²) in [5.41, 5.74) is 1.37. The van der Waals surface area contributed by atoms with Crippen molar-refractivity contribution in [2.24, 2.45) is 0 Å². The standard InChI is InChI=1S/C13H22N2O/c1-11(2)5-4-6-12(3)13-14-7-8-15(13)9-10-16/h5,7-8,12,16H,4,6,9-10H2,1-3H3. The summed E-state index contributed by atoms with van der Waals surface area (Å²) >= 11 is 0. The number of nitrogens with zero attached hydrogens (tertiary/aromatic N) is 2. The second-order valence-corrected chi connectivity index (χ2v) is 4.46. The zero-order valence-corrected chi connectivity index (χ0v) is 10.5. The molecule has 0 aliphatic heterocycles. The Kier molecular flexibility index (Phi) is 5.26. The summed E-state index contributed by atoms with van der Waals surface area (Å²) in [4.78, 5) is 4.36. The average molecular weight is 222 g/mol. The van der Waals surface area contributed by atoms with Crippen molar-refractivity contribution in [3.8, 4) is 0 Å². The molecule has 0 aliphatic carbocycles. The van der Waals surface area contributed by atoms with Crippen molar-refractivity contribution < 1.29 is 5.11 Å². The molecular formula is C13H22N2O. The van der Waals surface area contributed by atoms with Crippen LogP contribution in [0.5, 0.6) is 0 Å². The van der Waals surface area contributed by atoms with Crippen LogP contribution in [0.3, 0.4) is 0 Å². The van der Waals surface area contributed by atoms with Gasteiger partial charge in [-0.3, -0.25) is 0 Å². The topological polar surface area (TPSA) is 38.0 Å². The van der Waals surface area contributed by atoms with E-state index in [2.05, 4.69) is 31.8 Å². The van der Waals surface area contributed by atoms with Gasteiger partial charge in [0.1, 0.15) is 5.82 Å². The number of hydrogen-bond donors (Lipinski definition) is 1. The van der Waals surface area contributed by atoms with E-state index in [4.69, 9.17) is 5.11 Å². The van der Waals surface area contributed by atoms with Gasteiger partial charge in [-0.2, -0.15) is 0 Å². The van der Waals surface area contributed by atoms with E-state index in [1.165, 1.54) is 5.57 Å². The highest BCUT2D eigenvalue weighted by molar-refractivity contribution is 5.01. The molecule has 0 saturated carbocycles. The van der Waals surface area contributed by atoms with Crippen LogP contribution in [0.25, 0.3) is 0 Å². The molecule has 0 saturated heterocycles. The summed E-state index contributed by atoms with van der Waals surface area (Å²) in [6, 6.07) is 0. The zero-order chi connectivity index (χ0) is 12.0. The van der Waals surface area contributed by atoms with Gasteiger partial charge in [0.15, 0.2) is 0 Å². The molecule has 0 amide bonds. The maximum absolute atomic E-state index is 8.94. The van der Waals surface area contributed by atoms with Gasteiger partial charge in [0.2, 0.25) is 0 Å². The Labute approximate surface area is 97.8 Å². The molecule has 1 rings (SSSR count). The molecule has 0 spiro atoms. The van der Waals surface area contributed by atoms with Crippen molar-refractivity contribution in [2.75, 3.05) is 6.61 Å². The van der Waals surface area contributed by atoms with Crippen LogP contribution in [0.4, 0.5) is 0 Å². The fourth-order valence-corrected chi connectivity index (χ4v) is 1.80. The summed E-state index contributed by atoms with van der Waals surface area (Å²) in [6.45, 7) is 7.25. The predicted octanol–water partition coefficient (Wildman–Crippen LogP) is 2.73. The van der Waals surface area contributed by atoms with Gasteiger partial charge in [0.25, 0.3) is 0 Å². The molecule has 1 aromatic heterocycles. The molecule has 0 fully saturated rings. The molecule has 90 valence electrons. The van der Waals surface area contributed by atoms with Crippen molar-refractivity contribution in [1.82, 2.24) is 9.55 Å². The first kappa shape index (κ1) is 13.0. The monoisotopic (exact) mass is 222 g/mol. The van der Waals surface area contributed by atoms with Crippen molar-refractivity contribution in [2.45, 2.75) is 46.1 Å². The fourth-order valence-electron chi connectivity index (χ4n) is 1.80. The molecule has 0 aliphatic rings. The van der Waals surface area contributed by atoms with Gasteiger partial charge in [-0.05, 0) is 26.7 Å². The molecule has 0 bridgehead atoms. The minimum Gasteiger partial charge on any atom is -0.395 e. The number of allylic oxidation sites excluding steroid dienone is 2. The average Bonchev–Trinajstić information content (AvgIpc) is 2.66. The van der Waals surface area contributed by atoms with E-state index in [1.54, 1.807) is 0 Å². The quantitative estimate of drug-likeness (QED) is 0.751.